The van der Waals surface area contributed by atoms with E-state index in [0.717, 1.165) is 0 Å². The number of ether oxygens (including phenoxy) is 3. The number of carbonyl (C=O) groups is 1. The SMILES string of the molecule is CCOC1COc2cccc(F)c2-c2nc3c(cc2F)c(N2CCN(C(=O)OC(C)(C)C)C[C@@H]2C)nc(=O)n3-c2c(ccnc2C(C)C)C1O. The van der Waals surface area contributed by atoms with Crippen molar-refractivity contribution in [2.45, 2.75) is 78.2 Å². The van der Waals surface area contributed by atoms with Gasteiger partial charge in [-0.3, -0.25) is 4.98 Å². The van der Waals surface area contributed by atoms with Crippen molar-refractivity contribution in [1.29, 1.82) is 0 Å². The topological polar surface area (TPSA) is 132 Å². The molecule has 1 fully saturated rings. The number of carbonyl (C=O) groups excluding carboxylic acids is 1. The van der Waals surface area contributed by atoms with Crippen LogP contribution in [-0.2, 0) is 9.47 Å². The molecule has 14 heteroatoms. The normalized spacial score (nSPS) is 19.5. The van der Waals surface area contributed by atoms with Crippen molar-refractivity contribution < 1.29 is 32.9 Å². The summed E-state index contributed by atoms with van der Waals surface area (Å²) in [5.74, 6) is -1.76. The number of fused-ring (bicyclic) bond motifs is 5. The Morgan fingerprint density at radius 2 is 1.90 bits per heavy atom. The predicted octanol–water partition coefficient (Wildman–Crippen LogP) is 5.52. The van der Waals surface area contributed by atoms with E-state index in [0.29, 0.717) is 11.3 Å². The molecule has 3 atom stereocenters. The second-order valence-electron chi connectivity index (χ2n) is 13.9. The summed E-state index contributed by atoms with van der Waals surface area (Å²) in [6.07, 6.45) is -1.22. The van der Waals surface area contributed by atoms with Gasteiger partial charge in [0.2, 0.25) is 0 Å². The van der Waals surface area contributed by atoms with Gasteiger partial charge in [-0.25, -0.2) is 27.9 Å². The van der Waals surface area contributed by atoms with Gasteiger partial charge in [-0.05, 0) is 64.8 Å². The molecule has 2 aliphatic heterocycles. The number of aliphatic hydroxyl groups is 1. The summed E-state index contributed by atoms with van der Waals surface area (Å²) in [5.41, 5.74) is -1.12. The fraction of sp³-hybridized carbons (Fsp3) is 0.472. The maximum atomic E-state index is 16.4. The third kappa shape index (κ3) is 6.49. The summed E-state index contributed by atoms with van der Waals surface area (Å²) in [7, 11) is 0. The van der Waals surface area contributed by atoms with Gasteiger partial charge >= 0.3 is 11.8 Å². The molecule has 266 valence electrons. The third-order valence-electron chi connectivity index (χ3n) is 8.77. The van der Waals surface area contributed by atoms with Crippen molar-refractivity contribution in [1.82, 2.24) is 24.4 Å². The lowest BCUT2D eigenvalue weighted by Crippen LogP contribution is -2.55. The van der Waals surface area contributed by atoms with Gasteiger partial charge in [0.25, 0.3) is 0 Å². The molecule has 1 N–H and O–H groups in total. The Balaban J connectivity index is 1.64. The molecular formula is C36H42F2N6O6. The highest BCUT2D eigenvalue weighted by atomic mass is 19.1. The van der Waals surface area contributed by atoms with E-state index in [1.165, 1.54) is 35.0 Å². The number of amides is 1. The Kier molecular flexibility index (Phi) is 9.53. The molecule has 6 rings (SSSR count). The lowest BCUT2D eigenvalue weighted by molar-refractivity contribution is -0.0554. The number of aliphatic hydroxyl groups excluding tert-OH is 1. The number of rotatable bonds is 4. The summed E-state index contributed by atoms with van der Waals surface area (Å²) < 4.78 is 50.8. The van der Waals surface area contributed by atoms with Crippen LogP contribution in [0.2, 0.25) is 0 Å². The molecule has 0 spiro atoms. The summed E-state index contributed by atoms with van der Waals surface area (Å²) in [6.45, 7) is 13.5. The first kappa shape index (κ1) is 35.1. The van der Waals surface area contributed by atoms with Crippen LogP contribution >= 0.6 is 0 Å². The van der Waals surface area contributed by atoms with Crippen LogP contribution in [0.25, 0.3) is 28.0 Å². The Labute approximate surface area is 288 Å². The molecule has 2 unspecified atom stereocenters. The van der Waals surface area contributed by atoms with Gasteiger partial charge in [0.05, 0.1) is 22.3 Å². The van der Waals surface area contributed by atoms with E-state index in [9.17, 15) is 14.7 Å². The number of pyridine rings is 2. The van der Waals surface area contributed by atoms with Crippen LogP contribution < -0.4 is 15.3 Å². The van der Waals surface area contributed by atoms with Crippen molar-refractivity contribution in [3.8, 4) is 22.7 Å². The van der Waals surface area contributed by atoms with Crippen molar-refractivity contribution in [3.63, 3.8) is 0 Å². The van der Waals surface area contributed by atoms with Crippen LogP contribution in [0.4, 0.5) is 19.4 Å². The predicted molar refractivity (Wildman–Crippen MR) is 183 cm³/mol. The molecule has 1 saturated heterocycles. The summed E-state index contributed by atoms with van der Waals surface area (Å²) in [4.78, 5) is 44.5. The van der Waals surface area contributed by atoms with Gasteiger partial charge in [-0.1, -0.05) is 19.9 Å². The number of piperazine rings is 1. The third-order valence-corrected chi connectivity index (χ3v) is 8.77. The molecule has 3 aromatic heterocycles. The lowest BCUT2D eigenvalue weighted by atomic mass is 9.97. The average Bonchev–Trinajstić information content (AvgIpc) is 3.05. The van der Waals surface area contributed by atoms with E-state index >= 15 is 8.78 Å². The van der Waals surface area contributed by atoms with Crippen LogP contribution in [0.15, 0.2) is 41.3 Å². The first-order chi connectivity index (χ1) is 23.7. The Morgan fingerprint density at radius 3 is 2.58 bits per heavy atom. The number of hydrogen-bond donors (Lipinski definition) is 1. The summed E-state index contributed by atoms with van der Waals surface area (Å²) in [6, 6.07) is 6.49. The zero-order valence-corrected chi connectivity index (χ0v) is 29.2. The van der Waals surface area contributed by atoms with Gasteiger partial charge in [-0.2, -0.15) is 4.98 Å². The number of nitrogens with zero attached hydrogens (tertiary/aromatic N) is 6. The van der Waals surface area contributed by atoms with Crippen molar-refractivity contribution >= 4 is 22.9 Å². The van der Waals surface area contributed by atoms with E-state index in [1.54, 1.807) is 38.7 Å². The second-order valence-corrected chi connectivity index (χ2v) is 13.9. The Hall–Kier alpha value is -4.69. The fourth-order valence-electron chi connectivity index (χ4n) is 6.53. The minimum absolute atomic E-state index is 0.0129. The molecule has 0 radical (unpaired) electrons. The number of anilines is 1. The Bertz CT molecular complexity index is 2000. The minimum atomic E-state index is -1.33. The highest BCUT2D eigenvalue weighted by molar-refractivity contribution is 5.91. The largest absolute Gasteiger partial charge is 0.490 e. The van der Waals surface area contributed by atoms with Crippen molar-refractivity contribution in [2.24, 2.45) is 0 Å². The van der Waals surface area contributed by atoms with Crippen LogP contribution in [-0.4, -0.2) is 86.2 Å². The highest BCUT2D eigenvalue weighted by Crippen LogP contribution is 2.39. The molecule has 12 nitrogen and oxygen atoms in total. The Morgan fingerprint density at radius 1 is 1.14 bits per heavy atom. The molecule has 5 heterocycles. The number of halogens is 2. The van der Waals surface area contributed by atoms with Crippen molar-refractivity contribution in [2.75, 3.05) is 37.7 Å². The molecule has 2 aliphatic rings. The zero-order chi connectivity index (χ0) is 36.1. The molecular weight excluding hydrogens is 650 g/mol. The molecule has 50 heavy (non-hydrogen) atoms. The van der Waals surface area contributed by atoms with Crippen LogP contribution in [0.3, 0.4) is 0 Å². The smallest absolute Gasteiger partial charge is 0.410 e. The minimum Gasteiger partial charge on any atom is -0.490 e. The quantitative estimate of drug-likeness (QED) is 0.292. The van der Waals surface area contributed by atoms with E-state index in [-0.39, 0.29) is 84.4 Å². The maximum Gasteiger partial charge on any atom is 0.410 e. The molecule has 4 aromatic rings. The monoisotopic (exact) mass is 692 g/mol. The van der Waals surface area contributed by atoms with E-state index in [1.807, 2.05) is 25.7 Å². The van der Waals surface area contributed by atoms with Gasteiger partial charge in [0.15, 0.2) is 11.5 Å². The maximum absolute atomic E-state index is 16.4. The van der Waals surface area contributed by atoms with Crippen LogP contribution in [0, 0.1) is 11.6 Å². The van der Waals surface area contributed by atoms with Crippen LogP contribution in [0.1, 0.15) is 71.7 Å². The molecule has 0 saturated carbocycles. The van der Waals surface area contributed by atoms with Gasteiger partial charge in [0, 0.05) is 44.0 Å². The standard InChI is InChI=1S/C36H42F2N6O6/c1-8-48-26-18-49-25-11-9-10-23(37)27(25)29-24(38)16-22-32(43-15-14-42(17-20(43)4)35(47)50-36(5,6)7)41-34(46)44(33(22)40-29)30-21(31(26)45)12-13-39-28(30)19(2)3/h9-13,16,19-20,26,31,45H,8,14-15,17-18H2,1-7H3/t20-,26?,31?/m0/s1. The van der Waals surface area contributed by atoms with Gasteiger partial charge < -0.3 is 29.1 Å². The molecule has 2 bridgehead atoms. The van der Waals surface area contributed by atoms with Gasteiger partial charge in [0.1, 0.15) is 47.5 Å². The second kappa shape index (κ2) is 13.6. The fourth-order valence-corrected chi connectivity index (χ4v) is 6.53. The lowest BCUT2D eigenvalue weighted by Gasteiger charge is -2.41. The highest BCUT2D eigenvalue weighted by Gasteiger charge is 2.35. The number of benzene rings is 1. The van der Waals surface area contributed by atoms with Crippen molar-refractivity contribution in [3.05, 3.63) is 69.9 Å². The van der Waals surface area contributed by atoms with E-state index in [2.05, 4.69) is 15.0 Å². The number of hydrogen-bond acceptors (Lipinski definition) is 10. The number of aromatic nitrogens is 4. The molecule has 1 amide bonds. The first-order valence-electron chi connectivity index (χ1n) is 16.8. The van der Waals surface area contributed by atoms with E-state index in [4.69, 9.17) is 14.2 Å². The van der Waals surface area contributed by atoms with Crippen LogP contribution in [0.5, 0.6) is 5.75 Å². The van der Waals surface area contributed by atoms with E-state index < -0.39 is 41.2 Å². The molecule has 1 aromatic carbocycles. The molecule has 0 aliphatic carbocycles. The summed E-state index contributed by atoms with van der Waals surface area (Å²) in [5, 5.41) is 12.0. The first-order valence-corrected chi connectivity index (χ1v) is 16.8. The zero-order valence-electron chi connectivity index (χ0n) is 29.2. The summed E-state index contributed by atoms with van der Waals surface area (Å²) >= 11 is 0. The van der Waals surface area contributed by atoms with Gasteiger partial charge in [-0.15, -0.1) is 0 Å². The average molecular weight is 693 g/mol.